The molecule has 0 unspecified atom stereocenters. The van der Waals surface area contributed by atoms with Gasteiger partial charge in [0, 0.05) is 0 Å². The first-order valence-electron chi connectivity index (χ1n) is 0.309. The van der Waals surface area contributed by atoms with Crippen LogP contribution in [-0.2, 0) is 0 Å². The molecule has 11 heteroatoms. The Balaban J connectivity index is -0.000000000714. The van der Waals surface area contributed by atoms with Crippen molar-refractivity contribution in [1.29, 1.82) is 0 Å². The van der Waals surface area contributed by atoms with E-state index in [9.17, 15) is 0 Å². The van der Waals surface area contributed by atoms with Gasteiger partial charge in [-0.15, -0.1) is 0 Å². The zero-order valence-corrected chi connectivity index (χ0v) is 8.45. The molecule has 0 aliphatic rings. The zero-order chi connectivity index (χ0) is 2.71. The molecule has 0 atom stereocenters. The van der Waals surface area contributed by atoms with Gasteiger partial charge in [-0.05, 0) is 0 Å². The Bertz CT molecular complexity index is 9.52. The maximum absolute atomic E-state index is 8.24. The predicted octanol–water partition coefficient (Wildman–Crippen LogP) is -11.1. The maximum atomic E-state index is 8.24. The van der Waals surface area contributed by atoms with Crippen molar-refractivity contribution in [3.05, 3.63) is 0 Å². The van der Waals surface area contributed by atoms with E-state index in [1.807, 2.05) is 0 Å². The van der Waals surface area contributed by atoms with Crippen LogP contribution in [0.25, 0.3) is 0 Å². The fraction of sp³-hybridized carbons (Fsp3) is 0. The molecule has 11 heavy (non-hydrogen) atoms. The van der Waals surface area contributed by atoms with Gasteiger partial charge >= 0.3 is 29.6 Å². The molecule has 14 N–H and O–H groups in total. The second-order valence-corrected chi connectivity index (χ2v) is 0.189. The summed E-state index contributed by atoms with van der Waals surface area (Å²) < 4.78 is 16.5. The van der Waals surface area contributed by atoms with Crippen LogP contribution in [0.2, 0.25) is 0 Å². The van der Waals surface area contributed by atoms with E-state index in [0.717, 1.165) is 0 Å². The largest absolute Gasteiger partial charge is 1.00 e. The standard InChI is InChI=1S/ClO2.Na.7H2O/c2-1-3;;;;;;;;/h;;7*1H2/q-1;+1;;;;;;;. The topological polar surface area (TPSA) is 267 Å². The summed E-state index contributed by atoms with van der Waals surface area (Å²) in [4.78, 5) is 0. The molecular formula is H14ClNaO9. The summed E-state index contributed by atoms with van der Waals surface area (Å²) in [7, 11) is 0. The average Bonchev–Trinajstić information content (AvgIpc) is 0.918. The van der Waals surface area contributed by atoms with Crippen LogP contribution in [0.1, 0.15) is 0 Å². The Kier molecular flexibility index (Phi) is 4370. The first-order valence-corrected chi connectivity index (χ1v) is 0.926. The Morgan fingerprint density at radius 1 is 0.545 bits per heavy atom. The minimum absolute atomic E-state index is 0. The minimum atomic E-state index is -0.417. The van der Waals surface area contributed by atoms with Crippen molar-refractivity contribution < 1.29 is 88.5 Å². The van der Waals surface area contributed by atoms with Crippen LogP contribution >= 0.6 is 0 Å². The number of halogens is 1. The van der Waals surface area contributed by atoms with Crippen molar-refractivity contribution >= 4 is 0 Å². The number of hydrogen-bond acceptors (Lipinski definition) is 2. The first kappa shape index (κ1) is 166. The van der Waals surface area contributed by atoms with E-state index in [1.165, 1.54) is 0 Å². The molecular weight excluding hydrogens is 202 g/mol. The summed E-state index contributed by atoms with van der Waals surface area (Å²) in [6.07, 6.45) is 0. The quantitative estimate of drug-likeness (QED) is 0.356. The predicted molar refractivity (Wildman–Crippen MR) is 25.3 cm³/mol. The van der Waals surface area contributed by atoms with Crippen LogP contribution in [0.15, 0.2) is 0 Å². The van der Waals surface area contributed by atoms with E-state index >= 15 is 0 Å². The molecule has 0 rings (SSSR count). The fourth-order valence-corrected chi connectivity index (χ4v) is 0. The third kappa shape index (κ3) is 1010. The molecule has 0 heterocycles. The van der Waals surface area contributed by atoms with Crippen molar-refractivity contribution in [1.82, 2.24) is 0 Å². The van der Waals surface area contributed by atoms with E-state index in [-0.39, 0.29) is 67.9 Å². The van der Waals surface area contributed by atoms with Gasteiger partial charge < -0.3 is 47.7 Å². The smallest absolute Gasteiger partial charge is 0.544 e. The number of hydrogen-bond donors (Lipinski definition) is 0. The van der Waals surface area contributed by atoms with Crippen molar-refractivity contribution in [2.24, 2.45) is 0 Å². The van der Waals surface area contributed by atoms with E-state index in [0.29, 0.717) is 0 Å². The molecule has 0 radical (unpaired) electrons. The Hall–Kier alpha value is 0.930. The second-order valence-electron chi connectivity index (χ2n) is 0.0630. The molecule has 0 saturated carbocycles. The van der Waals surface area contributed by atoms with E-state index in [1.54, 1.807) is 0 Å². The van der Waals surface area contributed by atoms with Crippen LogP contribution in [0.4, 0.5) is 0 Å². The average molecular weight is 217 g/mol. The molecule has 0 saturated heterocycles. The van der Waals surface area contributed by atoms with Crippen LogP contribution in [0.5, 0.6) is 0 Å². The Morgan fingerprint density at radius 3 is 0.545 bits per heavy atom. The Morgan fingerprint density at radius 2 is 0.545 bits per heavy atom. The maximum Gasteiger partial charge on any atom is 1.00 e. The molecule has 0 spiro atoms. The SMILES string of the molecule is O.O.O.O.O.O.O.[Na+].[O-][Cl+][O-]. The monoisotopic (exact) mass is 216 g/mol. The molecule has 0 aromatic carbocycles. The van der Waals surface area contributed by atoms with Crippen LogP contribution in [-0.4, -0.2) is 38.3 Å². The zero-order valence-electron chi connectivity index (χ0n) is 5.69. The normalized spacial score (nSPS) is 1.64. The summed E-state index contributed by atoms with van der Waals surface area (Å²) in [6, 6.07) is 0. The van der Waals surface area contributed by atoms with Crippen molar-refractivity contribution in [3.63, 3.8) is 0 Å². The summed E-state index contributed by atoms with van der Waals surface area (Å²) in [5.41, 5.74) is 0. The minimum Gasteiger partial charge on any atom is -0.544 e. The van der Waals surface area contributed by atoms with Crippen molar-refractivity contribution in [3.8, 4) is 0 Å². The first-order chi connectivity index (χ1) is 1.41. The summed E-state index contributed by atoms with van der Waals surface area (Å²) in [6.45, 7) is 0. The van der Waals surface area contributed by atoms with E-state index < -0.39 is 11.3 Å². The van der Waals surface area contributed by atoms with Gasteiger partial charge in [0.05, 0.1) is 11.3 Å². The molecule has 0 bridgehead atoms. The molecule has 0 fully saturated rings. The van der Waals surface area contributed by atoms with Gasteiger partial charge in [-0.2, -0.15) is 0 Å². The molecule has 76 valence electrons. The van der Waals surface area contributed by atoms with Gasteiger partial charge in [-0.25, -0.2) is 0 Å². The molecule has 0 aromatic rings. The Labute approximate surface area is 88.5 Å². The third-order valence-corrected chi connectivity index (χ3v) is 0. The van der Waals surface area contributed by atoms with Gasteiger partial charge in [0.25, 0.3) is 0 Å². The number of rotatable bonds is 0. The summed E-state index contributed by atoms with van der Waals surface area (Å²) >= 11 is -0.417. The molecule has 9 nitrogen and oxygen atoms in total. The molecule has 0 aliphatic heterocycles. The molecule has 0 aliphatic carbocycles. The van der Waals surface area contributed by atoms with Crippen LogP contribution in [0.3, 0.4) is 0 Å². The van der Waals surface area contributed by atoms with Crippen molar-refractivity contribution in [2.75, 3.05) is 0 Å². The van der Waals surface area contributed by atoms with Crippen LogP contribution < -0.4 is 38.9 Å². The van der Waals surface area contributed by atoms with Gasteiger partial charge in [0.15, 0.2) is 0 Å². The van der Waals surface area contributed by atoms with E-state index in [4.69, 9.17) is 9.32 Å². The van der Waals surface area contributed by atoms with Gasteiger partial charge in [0.2, 0.25) is 0 Å². The van der Waals surface area contributed by atoms with Gasteiger partial charge in [-0.1, -0.05) is 0 Å². The second kappa shape index (κ2) is 289. The van der Waals surface area contributed by atoms with Gasteiger partial charge in [0.1, 0.15) is 0 Å². The van der Waals surface area contributed by atoms with Gasteiger partial charge in [-0.3, -0.25) is 0 Å². The molecule has 0 amide bonds. The van der Waals surface area contributed by atoms with Crippen LogP contribution in [0, 0.1) is 11.3 Å². The summed E-state index contributed by atoms with van der Waals surface area (Å²) in [5.74, 6) is 0. The van der Waals surface area contributed by atoms with Crippen molar-refractivity contribution in [2.45, 2.75) is 0 Å². The molecule has 0 aromatic heterocycles. The third-order valence-electron chi connectivity index (χ3n) is 0. The fourth-order valence-electron chi connectivity index (χ4n) is 0. The van der Waals surface area contributed by atoms with E-state index in [2.05, 4.69) is 0 Å². The summed E-state index contributed by atoms with van der Waals surface area (Å²) in [5, 5.41) is 0.